The maximum atomic E-state index is 12.0. The van der Waals surface area contributed by atoms with E-state index in [0.29, 0.717) is 5.11 Å². The summed E-state index contributed by atoms with van der Waals surface area (Å²) in [5.41, 5.74) is 4.72. The topological polar surface area (TPSA) is 45.6 Å². The van der Waals surface area contributed by atoms with Crippen LogP contribution in [-0.2, 0) is 6.42 Å². The summed E-state index contributed by atoms with van der Waals surface area (Å²) >= 11 is 5.07. The van der Waals surface area contributed by atoms with E-state index in [4.69, 9.17) is 12.2 Å². The molecule has 0 radical (unpaired) electrons. The van der Waals surface area contributed by atoms with Gasteiger partial charge in [-0.3, -0.25) is 5.43 Å². The van der Waals surface area contributed by atoms with Crippen LogP contribution in [0.4, 0.5) is 8.78 Å². The zero-order chi connectivity index (χ0) is 16.5. The third-order valence-electron chi connectivity index (χ3n) is 2.69. The van der Waals surface area contributed by atoms with Crippen molar-refractivity contribution in [1.29, 1.82) is 0 Å². The van der Waals surface area contributed by atoms with Crippen molar-refractivity contribution in [3.63, 3.8) is 0 Å². The van der Waals surface area contributed by atoms with Gasteiger partial charge < -0.3 is 10.1 Å². The van der Waals surface area contributed by atoms with E-state index in [0.717, 1.165) is 24.1 Å². The lowest BCUT2D eigenvalue weighted by Crippen LogP contribution is -2.37. The maximum Gasteiger partial charge on any atom is 0.387 e. The SMILES string of the molecule is C/C(CCc1ccc(OC(F)F)cc1)=N/NC(=S)NC(C)C. The first kappa shape index (κ1) is 18.3. The zero-order valence-corrected chi connectivity index (χ0v) is 13.7. The number of halogens is 2. The van der Waals surface area contributed by atoms with Gasteiger partial charge in [0.2, 0.25) is 0 Å². The Balaban J connectivity index is 2.40. The second kappa shape index (κ2) is 9.30. The van der Waals surface area contributed by atoms with Crippen molar-refractivity contribution < 1.29 is 13.5 Å². The molecule has 0 aliphatic carbocycles. The van der Waals surface area contributed by atoms with Crippen molar-refractivity contribution in [1.82, 2.24) is 10.7 Å². The Morgan fingerprint density at radius 2 is 1.91 bits per heavy atom. The number of aryl methyl sites for hydroxylation is 1. The summed E-state index contributed by atoms with van der Waals surface area (Å²) in [6.45, 7) is 3.09. The van der Waals surface area contributed by atoms with Gasteiger partial charge in [-0.15, -0.1) is 0 Å². The molecule has 0 amide bonds. The summed E-state index contributed by atoms with van der Waals surface area (Å²) in [5.74, 6) is 0.163. The molecule has 122 valence electrons. The van der Waals surface area contributed by atoms with Gasteiger partial charge in [-0.05, 0) is 63.5 Å². The fraction of sp³-hybridized carbons (Fsp3) is 0.467. The van der Waals surface area contributed by atoms with Crippen molar-refractivity contribution in [2.24, 2.45) is 5.10 Å². The van der Waals surface area contributed by atoms with Gasteiger partial charge in [-0.1, -0.05) is 12.1 Å². The van der Waals surface area contributed by atoms with Crippen LogP contribution in [-0.4, -0.2) is 23.5 Å². The van der Waals surface area contributed by atoms with Gasteiger partial charge in [-0.2, -0.15) is 13.9 Å². The third kappa shape index (κ3) is 7.87. The first-order valence-corrected chi connectivity index (χ1v) is 7.41. The minimum absolute atomic E-state index is 0.163. The predicted molar refractivity (Wildman–Crippen MR) is 88.5 cm³/mol. The van der Waals surface area contributed by atoms with Crippen molar-refractivity contribution in [2.75, 3.05) is 0 Å². The summed E-state index contributed by atoms with van der Waals surface area (Å²) in [7, 11) is 0. The number of rotatable bonds is 7. The lowest BCUT2D eigenvalue weighted by molar-refractivity contribution is -0.0498. The Hall–Kier alpha value is -1.76. The molecule has 1 rings (SSSR count). The third-order valence-corrected chi connectivity index (χ3v) is 2.90. The number of hydrogen-bond donors (Lipinski definition) is 2. The normalized spacial score (nSPS) is 11.7. The van der Waals surface area contributed by atoms with Gasteiger partial charge in [-0.25, -0.2) is 0 Å². The molecule has 0 bridgehead atoms. The number of ether oxygens (including phenoxy) is 1. The van der Waals surface area contributed by atoms with E-state index in [-0.39, 0.29) is 11.8 Å². The second-order valence-electron chi connectivity index (χ2n) is 5.11. The molecule has 1 aromatic rings. The predicted octanol–water partition coefficient (Wildman–Crippen LogP) is 3.47. The van der Waals surface area contributed by atoms with Crippen LogP contribution in [0.5, 0.6) is 5.75 Å². The minimum atomic E-state index is -2.80. The highest BCUT2D eigenvalue weighted by Crippen LogP contribution is 2.15. The summed E-state index contributed by atoms with van der Waals surface area (Å²) < 4.78 is 28.4. The quantitative estimate of drug-likeness (QED) is 0.457. The van der Waals surface area contributed by atoms with E-state index in [2.05, 4.69) is 20.6 Å². The first-order valence-electron chi connectivity index (χ1n) is 7.00. The molecule has 0 fully saturated rings. The minimum Gasteiger partial charge on any atom is -0.435 e. The molecule has 1 aromatic carbocycles. The molecular formula is C15H21F2N3OS. The maximum absolute atomic E-state index is 12.0. The number of hydrogen-bond acceptors (Lipinski definition) is 3. The van der Waals surface area contributed by atoms with Gasteiger partial charge >= 0.3 is 6.61 Å². The molecule has 0 saturated heterocycles. The molecule has 0 aliphatic heterocycles. The molecule has 0 spiro atoms. The van der Waals surface area contributed by atoms with Crippen molar-refractivity contribution in [3.05, 3.63) is 29.8 Å². The average molecular weight is 329 g/mol. The lowest BCUT2D eigenvalue weighted by atomic mass is 10.1. The van der Waals surface area contributed by atoms with Crippen LogP contribution in [0.15, 0.2) is 29.4 Å². The lowest BCUT2D eigenvalue weighted by Gasteiger charge is -2.10. The highest BCUT2D eigenvalue weighted by atomic mass is 32.1. The van der Waals surface area contributed by atoms with E-state index in [1.54, 1.807) is 12.1 Å². The van der Waals surface area contributed by atoms with Crippen LogP contribution in [0.1, 0.15) is 32.8 Å². The molecule has 2 N–H and O–H groups in total. The Kier molecular flexibility index (Phi) is 7.73. The number of thiocarbonyl (C=S) groups is 1. The Bertz CT molecular complexity index is 504. The van der Waals surface area contributed by atoms with Crippen LogP contribution in [0.25, 0.3) is 0 Å². The molecule has 0 atom stereocenters. The Labute approximate surface area is 134 Å². The monoisotopic (exact) mass is 329 g/mol. The number of alkyl halides is 2. The van der Waals surface area contributed by atoms with Crippen LogP contribution >= 0.6 is 12.2 Å². The first-order chi connectivity index (χ1) is 10.4. The van der Waals surface area contributed by atoms with Crippen molar-refractivity contribution in [3.8, 4) is 5.75 Å². The van der Waals surface area contributed by atoms with Crippen molar-refractivity contribution >= 4 is 23.0 Å². The fourth-order valence-electron chi connectivity index (χ4n) is 1.66. The van der Waals surface area contributed by atoms with Gasteiger partial charge in [0.25, 0.3) is 0 Å². The number of nitrogens with one attached hydrogen (secondary N) is 2. The number of nitrogens with zero attached hydrogens (tertiary/aromatic N) is 1. The van der Waals surface area contributed by atoms with Crippen LogP contribution in [0.2, 0.25) is 0 Å². The average Bonchev–Trinajstić information content (AvgIpc) is 2.43. The molecule has 22 heavy (non-hydrogen) atoms. The van der Waals surface area contributed by atoms with E-state index in [1.165, 1.54) is 12.1 Å². The number of hydrazone groups is 1. The summed E-state index contributed by atoms with van der Waals surface area (Å²) in [5, 5.41) is 7.71. The molecule has 4 nitrogen and oxygen atoms in total. The molecule has 0 aromatic heterocycles. The number of benzene rings is 1. The Morgan fingerprint density at radius 3 is 2.45 bits per heavy atom. The van der Waals surface area contributed by atoms with Crippen LogP contribution in [0, 0.1) is 0 Å². The van der Waals surface area contributed by atoms with Crippen molar-refractivity contribution in [2.45, 2.75) is 46.3 Å². The van der Waals surface area contributed by atoms with E-state index in [9.17, 15) is 8.78 Å². The second-order valence-corrected chi connectivity index (χ2v) is 5.52. The Morgan fingerprint density at radius 1 is 1.27 bits per heavy atom. The highest BCUT2D eigenvalue weighted by molar-refractivity contribution is 7.80. The summed E-state index contributed by atoms with van der Waals surface area (Å²) in [6, 6.07) is 6.86. The summed E-state index contributed by atoms with van der Waals surface area (Å²) in [4.78, 5) is 0. The molecular weight excluding hydrogens is 308 g/mol. The molecule has 0 saturated carbocycles. The van der Waals surface area contributed by atoms with Gasteiger partial charge in [0.1, 0.15) is 5.75 Å². The van der Waals surface area contributed by atoms with Gasteiger partial charge in [0.05, 0.1) is 0 Å². The molecule has 0 unspecified atom stereocenters. The van der Waals surface area contributed by atoms with Gasteiger partial charge in [0, 0.05) is 11.8 Å². The fourth-order valence-corrected chi connectivity index (χ4v) is 1.94. The molecule has 7 heteroatoms. The molecule has 0 aliphatic rings. The van der Waals surface area contributed by atoms with E-state index in [1.807, 2.05) is 20.8 Å². The van der Waals surface area contributed by atoms with E-state index >= 15 is 0 Å². The zero-order valence-electron chi connectivity index (χ0n) is 12.9. The highest BCUT2D eigenvalue weighted by Gasteiger charge is 2.04. The molecule has 0 heterocycles. The summed E-state index contributed by atoms with van der Waals surface area (Å²) in [6.07, 6.45) is 1.50. The van der Waals surface area contributed by atoms with E-state index < -0.39 is 6.61 Å². The van der Waals surface area contributed by atoms with Crippen LogP contribution in [0.3, 0.4) is 0 Å². The largest absolute Gasteiger partial charge is 0.435 e. The standard InChI is InChI=1S/C15H21F2N3OS/c1-10(2)18-15(22)20-19-11(3)4-5-12-6-8-13(9-7-12)21-14(16)17/h6-10,14H,4-5H2,1-3H3,(H2,18,20,22)/b19-11-. The smallest absolute Gasteiger partial charge is 0.387 e. The van der Waals surface area contributed by atoms with Gasteiger partial charge in [0.15, 0.2) is 5.11 Å². The van der Waals surface area contributed by atoms with Crippen LogP contribution < -0.4 is 15.5 Å².